The van der Waals surface area contributed by atoms with Gasteiger partial charge in [-0.3, -0.25) is 0 Å². The molecule has 0 fully saturated rings. The number of aliphatic hydroxyl groups excluding tert-OH is 5. The van der Waals surface area contributed by atoms with Gasteiger partial charge in [0.05, 0.1) is 13.2 Å². The molecule has 0 spiro atoms. The molecule has 0 radical (unpaired) electrons. The first-order chi connectivity index (χ1) is 15.6. The van der Waals surface area contributed by atoms with E-state index in [0.717, 1.165) is 12.8 Å². The Morgan fingerprint density at radius 2 is 0.594 bits per heavy atom. The van der Waals surface area contributed by atoms with Crippen molar-refractivity contribution in [2.45, 2.75) is 148 Å². The molecule has 0 saturated heterocycles. The highest BCUT2D eigenvalue weighted by Crippen LogP contribution is 2.11. The Morgan fingerprint density at radius 3 is 0.750 bits per heavy atom. The summed E-state index contributed by atoms with van der Waals surface area (Å²) >= 11 is 0. The van der Waals surface area contributed by atoms with Crippen molar-refractivity contribution in [2.24, 2.45) is 0 Å². The summed E-state index contributed by atoms with van der Waals surface area (Å²) in [6, 6.07) is 0. The van der Waals surface area contributed by atoms with Crippen molar-refractivity contribution in [3.05, 3.63) is 0 Å². The Labute approximate surface area is 200 Å². The summed E-state index contributed by atoms with van der Waals surface area (Å²) in [7, 11) is 0. The lowest BCUT2D eigenvalue weighted by molar-refractivity contribution is 0.0450. The third-order valence-corrected chi connectivity index (χ3v) is 5.44. The number of unbranched alkanes of at least 4 members (excludes halogenated alkanes) is 18. The fourth-order valence-electron chi connectivity index (χ4n) is 3.26. The van der Waals surface area contributed by atoms with Crippen molar-refractivity contribution in [3.63, 3.8) is 0 Å². The lowest BCUT2D eigenvalue weighted by atomic mass is 10.1. The fourth-order valence-corrected chi connectivity index (χ4v) is 3.26. The first-order valence-electron chi connectivity index (χ1n) is 13.8. The van der Waals surface area contributed by atoms with Gasteiger partial charge in [-0.25, -0.2) is 0 Å². The average molecular weight is 465 g/mol. The molecule has 0 bridgehead atoms. The van der Waals surface area contributed by atoms with E-state index in [1.54, 1.807) is 0 Å². The van der Waals surface area contributed by atoms with E-state index in [1.807, 2.05) is 0 Å². The van der Waals surface area contributed by atoms with E-state index < -0.39 is 6.10 Å². The molecule has 0 aliphatic heterocycles. The summed E-state index contributed by atoms with van der Waals surface area (Å²) in [4.78, 5) is 0. The monoisotopic (exact) mass is 464 g/mol. The van der Waals surface area contributed by atoms with Gasteiger partial charge >= 0.3 is 0 Å². The lowest BCUT2D eigenvalue weighted by Gasteiger charge is -2.00. The van der Waals surface area contributed by atoms with Gasteiger partial charge in [0, 0.05) is 13.2 Å². The molecule has 5 heteroatoms. The van der Waals surface area contributed by atoms with Gasteiger partial charge in [-0.15, -0.1) is 0 Å². The minimum atomic E-state index is -0.954. The average Bonchev–Trinajstić information content (AvgIpc) is 2.82. The second-order valence-electron chi connectivity index (χ2n) is 8.83. The van der Waals surface area contributed by atoms with Crippen molar-refractivity contribution in [3.8, 4) is 0 Å². The molecule has 0 saturated carbocycles. The molecule has 0 aromatic carbocycles. The van der Waals surface area contributed by atoms with Crippen LogP contribution in [0.1, 0.15) is 142 Å². The second-order valence-corrected chi connectivity index (χ2v) is 8.83. The molecule has 0 unspecified atom stereocenters. The van der Waals surface area contributed by atoms with Crippen LogP contribution in [0.25, 0.3) is 0 Å². The summed E-state index contributed by atoms with van der Waals surface area (Å²) in [5.74, 6) is 0. The van der Waals surface area contributed by atoms with Gasteiger partial charge in [-0.2, -0.15) is 0 Å². The van der Waals surface area contributed by atoms with E-state index in [4.69, 9.17) is 25.5 Å². The summed E-state index contributed by atoms with van der Waals surface area (Å²) in [6.45, 7) is 4.53. The van der Waals surface area contributed by atoms with E-state index in [0.29, 0.717) is 13.2 Å². The van der Waals surface area contributed by atoms with Gasteiger partial charge in [0.15, 0.2) is 0 Å². The van der Waals surface area contributed by atoms with Crippen LogP contribution in [0.4, 0.5) is 0 Å². The van der Waals surface area contributed by atoms with E-state index >= 15 is 0 Å². The summed E-state index contributed by atoms with van der Waals surface area (Å²) < 4.78 is 0. The van der Waals surface area contributed by atoms with Crippen LogP contribution in [0.5, 0.6) is 0 Å². The number of hydrogen-bond acceptors (Lipinski definition) is 5. The Balaban J connectivity index is -0.000000422. The SMILES string of the molecule is CCCCCCCCCCCCO.CCCCCCCCCCCCO.OCC(O)CO. The van der Waals surface area contributed by atoms with Crippen molar-refractivity contribution in [2.75, 3.05) is 26.4 Å². The molecular weight excluding hydrogens is 404 g/mol. The van der Waals surface area contributed by atoms with Gasteiger partial charge in [-0.05, 0) is 12.8 Å². The van der Waals surface area contributed by atoms with Crippen molar-refractivity contribution < 1.29 is 25.5 Å². The molecular formula is C27H60O5. The summed E-state index contributed by atoms with van der Waals surface area (Å²) in [6.07, 6.45) is 25.7. The van der Waals surface area contributed by atoms with Crippen LogP contribution in [0.15, 0.2) is 0 Å². The predicted octanol–water partition coefficient (Wildman–Crippen LogP) is 6.13. The van der Waals surface area contributed by atoms with Gasteiger partial charge in [0.25, 0.3) is 0 Å². The third-order valence-electron chi connectivity index (χ3n) is 5.44. The molecule has 0 aromatic rings. The summed E-state index contributed by atoms with van der Waals surface area (Å²) in [5.41, 5.74) is 0. The maximum absolute atomic E-state index is 8.57. The maximum atomic E-state index is 8.57. The minimum absolute atomic E-state index is 0.365. The molecule has 5 nitrogen and oxygen atoms in total. The molecule has 32 heavy (non-hydrogen) atoms. The largest absolute Gasteiger partial charge is 0.396 e. The minimum Gasteiger partial charge on any atom is -0.396 e. The maximum Gasteiger partial charge on any atom is 0.100 e. The molecule has 0 aliphatic carbocycles. The van der Waals surface area contributed by atoms with Crippen LogP contribution in [-0.4, -0.2) is 58.1 Å². The third kappa shape index (κ3) is 43.6. The second kappa shape index (κ2) is 38.1. The van der Waals surface area contributed by atoms with Crippen LogP contribution in [0, 0.1) is 0 Å². The number of rotatable bonds is 22. The van der Waals surface area contributed by atoms with Gasteiger partial charge in [0.1, 0.15) is 6.10 Å². The zero-order valence-corrected chi connectivity index (χ0v) is 21.8. The molecule has 5 N–H and O–H groups in total. The van der Waals surface area contributed by atoms with Gasteiger partial charge < -0.3 is 25.5 Å². The van der Waals surface area contributed by atoms with Crippen LogP contribution >= 0.6 is 0 Å². The van der Waals surface area contributed by atoms with Crippen LogP contribution in [-0.2, 0) is 0 Å². The molecule has 0 amide bonds. The quantitative estimate of drug-likeness (QED) is 0.124. The first kappa shape index (κ1) is 36.4. The van der Waals surface area contributed by atoms with Gasteiger partial charge in [-0.1, -0.05) is 129 Å². The number of hydrogen-bond donors (Lipinski definition) is 5. The van der Waals surface area contributed by atoms with Crippen LogP contribution < -0.4 is 0 Å². The highest BCUT2D eigenvalue weighted by atomic mass is 16.3. The van der Waals surface area contributed by atoms with Crippen molar-refractivity contribution in [1.82, 2.24) is 0 Å². The topological polar surface area (TPSA) is 101 Å². The van der Waals surface area contributed by atoms with E-state index in [-0.39, 0.29) is 13.2 Å². The number of aliphatic hydroxyl groups is 5. The molecule has 198 valence electrons. The van der Waals surface area contributed by atoms with Crippen molar-refractivity contribution in [1.29, 1.82) is 0 Å². The Bertz CT molecular complexity index is 231. The first-order valence-corrected chi connectivity index (χ1v) is 13.8. The van der Waals surface area contributed by atoms with Crippen molar-refractivity contribution >= 4 is 0 Å². The molecule has 0 atom stereocenters. The zero-order chi connectivity index (χ0) is 24.5. The van der Waals surface area contributed by atoms with E-state index in [9.17, 15) is 0 Å². The van der Waals surface area contributed by atoms with Crippen LogP contribution in [0.3, 0.4) is 0 Å². The molecule has 0 aliphatic rings. The zero-order valence-electron chi connectivity index (χ0n) is 21.8. The Hall–Kier alpha value is -0.200. The molecule has 0 heterocycles. The van der Waals surface area contributed by atoms with E-state index in [2.05, 4.69) is 13.8 Å². The highest BCUT2D eigenvalue weighted by molar-refractivity contribution is 4.47. The predicted molar refractivity (Wildman–Crippen MR) is 138 cm³/mol. The molecule has 0 rings (SSSR count). The standard InChI is InChI=1S/2C12H26O.C3H8O3/c2*1-2-3-4-5-6-7-8-9-10-11-12-13;4-1-3(6)2-5/h2*13H,2-12H2,1H3;3-6H,1-2H2. The smallest absolute Gasteiger partial charge is 0.100 e. The Morgan fingerprint density at radius 1 is 0.375 bits per heavy atom. The Kier molecular flexibility index (Phi) is 43.3. The lowest BCUT2D eigenvalue weighted by Crippen LogP contribution is -2.15. The van der Waals surface area contributed by atoms with E-state index in [1.165, 1.54) is 116 Å². The molecule has 0 aromatic heterocycles. The normalized spacial score (nSPS) is 10.5. The fraction of sp³-hybridized carbons (Fsp3) is 1.00. The highest BCUT2D eigenvalue weighted by Gasteiger charge is 1.94. The van der Waals surface area contributed by atoms with Crippen LogP contribution in [0.2, 0.25) is 0 Å². The van der Waals surface area contributed by atoms with Gasteiger partial charge in [0.2, 0.25) is 0 Å². The summed E-state index contributed by atoms with van der Waals surface area (Å²) in [5, 5.41) is 41.1.